The molecule has 2 rings (SSSR count). The zero-order chi connectivity index (χ0) is 18.3. The average molecular weight is 354 g/mol. The highest BCUT2D eigenvalue weighted by atomic mass is 32.2. The van der Waals surface area contributed by atoms with Crippen LogP contribution >= 0.6 is 0 Å². The number of hydrogen-bond acceptors (Lipinski definition) is 4. The number of hydrogen-bond donors (Lipinski definition) is 2. The number of nitrogens with zero attached hydrogens (tertiary/aromatic N) is 1. The van der Waals surface area contributed by atoms with Gasteiger partial charge < -0.3 is 10.4 Å². The lowest BCUT2D eigenvalue weighted by atomic mass is 9.98. The van der Waals surface area contributed by atoms with Gasteiger partial charge in [-0.05, 0) is 50.5 Å². The molecule has 132 valence electrons. The number of rotatable bonds is 5. The highest BCUT2D eigenvalue weighted by Gasteiger charge is 2.35. The van der Waals surface area contributed by atoms with Crippen molar-refractivity contribution in [1.82, 2.24) is 5.32 Å². The summed E-state index contributed by atoms with van der Waals surface area (Å²) < 4.78 is 25.2. The molecule has 1 amide bonds. The highest BCUT2D eigenvalue weighted by Crippen LogP contribution is 2.34. The van der Waals surface area contributed by atoms with Crippen molar-refractivity contribution < 1.29 is 23.1 Å². The number of carbonyl (C=O) groups excluding carboxylic acids is 1. The molecule has 0 spiro atoms. The molecule has 2 atom stereocenters. The predicted octanol–water partition coefficient (Wildman–Crippen LogP) is 1.38. The smallest absolute Gasteiger partial charge is 0.329 e. The number of carboxylic acid groups (broad SMARTS) is 1. The standard InChI is InChI=1S/C16H22N2O5S/c1-5-16(3,15(20)21)17-14(19)11-6-7-13-12(9-11)8-10(2)18(13)24(4,22)23/h6-7,9-10H,5,8H2,1-4H3,(H,17,19)(H,20,21)/t10-,16+/m0/s1. The van der Waals surface area contributed by atoms with Gasteiger partial charge in [0.05, 0.1) is 11.9 Å². The lowest BCUT2D eigenvalue weighted by Gasteiger charge is -2.25. The highest BCUT2D eigenvalue weighted by molar-refractivity contribution is 7.92. The van der Waals surface area contributed by atoms with Gasteiger partial charge in [0, 0.05) is 11.6 Å². The fraction of sp³-hybridized carbons (Fsp3) is 0.500. The van der Waals surface area contributed by atoms with E-state index in [2.05, 4.69) is 5.32 Å². The lowest BCUT2D eigenvalue weighted by Crippen LogP contribution is -2.51. The minimum atomic E-state index is -3.39. The summed E-state index contributed by atoms with van der Waals surface area (Å²) in [5.41, 5.74) is 0.298. The summed E-state index contributed by atoms with van der Waals surface area (Å²) >= 11 is 0. The molecule has 1 heterocycles. The zero-order valence-corrected chi connectivity index (χ0v) is 15.0. The van der Waals surface area contributed by atoms with E-state index in [1.807, 2.05) is 0 Å². The molecule has 0 saturated heterocycles. The Morgan fingerprint density at radius 2 is 2.04 bits per heavy atom. The largest absolute Gasteiger partial charge is 0.480 e. The first-order valence-corrected chi connectivity index (χ1v) is 9.52. The molecule has 0 unspecified atom stereocenters. The van der Waals surface area contributed by atoms with Crippen molar-refractivity contribution in [3.8, 4) is 0 Å². The van der Waals surface area contributed by atoms with Gasteiger partial charge in [-0.15, -0.1) is 0 Å². The molecule has 1 aliphatic heterocycles. The number of carbonyl (C=O) groups is 2. The molecule has 2 N–H and O–H groups in total. The van der Waals surface area contributed by atoms with E-state index in [0.29, 0.717) is 17.7 Å². The van der Waals surface area contributed by atoms with Crippen molar-refractivity contribution in [2.75, 3.05) is 10.6 Å². The van der Waals surface area contributed by atoms with Crippen LogP contribution in [0.15, 0.2) is 18.2 Å². The molecule has 8 heteroatoms. The van der Waals surface area contributed by atoms with Crippen LogP contribution in [0, 0.1) is 0 Å². The summed E-state index contributed by atoms with van der Waals surface area (Å²) in [6, 6.07) is 4.53. The van der Waals surface area contributed by atoms with Crippen LogP contribution in [0.2, 0.25) is 0 Å². The molecule has 0 radical (unpaired) electrons. The van der Waals surface area contributed by atoms with Crippen LogP contribution in [-0.2, 0) is 21.2 Å². The minimum Gasteiger partial charge on any atom is -0.480 e. The van der Waals surface area contributed by atoms with Gasteiger partial charge in [-0.1, -0.05) is 6.92 Å². The van der Waals surface area contributed by atoms with Crippen molar-refractivity contribution >= 4 is 27.6 Å². The molecule has 0 saturated carbocycles. The Hall–Kier alpha value is -2.09. The Balaban J connectivity index is 2.32. The van der Waals surface area contributed by atoms with Gasteiger partial charge in [0.1, 0.15) is 5.54 Å². The molecule has 0 aliphatic carbocycles. The number of benzene rings is 1. The Morgan fingerprint density at radius 3 is 2.54 bits per heavy atom. The van der Waals surface area contributed by atoms with E-state index in [1.165, 1.54) is 17.3 Å². The summed E-state index contributed by atoms with van der Waals surface area (Å²) in [5, 5.41) is 11.8. The maximum Gasteiger partial charge on any atom is 0.329 e. The number of fused-ring (bicyclic) bond motifs is 1. The third-order valence-electron chi connectivity index (χ3n) is 4.42. The number of anilines is 1. The van der Waals surface area contributed by atoms with Gasteiger partial charge >= 0.3 is 5.97 Å². The monoisotopic (exact) mass is 354 g/mol. The second-order valence-electron chi connectivity index (χ2n) is 6.40. The zero-order valence-electron chi connectivity index (χ0n) is 14.2. The number of sulfonamides is 1. The molecule has 1 aliphatic rings. The molecular formula is C16H22N2O5S. The van der Waals surface area contributed by atoms with E-state index in [-0.39, 0.29) is 12.5 Å². The molecule has 0 bridgehead atoms. The molecule has 0 fully saturated rings. The third-order valence-corrected chi connectivity index (χ3v) is 5.69. The average Bonchev–Trinajstić information content (AvgIpc) is 2.81. The Labute approximate surface area is 141 Å². The second-order valence-corrected chi connectivity index (χ2v) is 8.26. The van der Waals surface area contributed by atoms with Crippen molar-refractivity contribution in [1.29, 1.82) is 0 Å². The van der Waals surface area contributed by atoms with E-state index in [0.717, 1.165) is 11.8 Å². The van der Waals surface area contributed by atoms with Gasteiger partial charge in [-0.2, -0.15) is 0 Å². The fourth-order valence-corrected chi connectivity index (χ4v) is 4.13. The third kappa shape index (κ3) is 3.24. The van der Waals surface area contributed by atoms with Crippen LogP contribution in [0.1, 0.15) is 43.1 Å². The van der Waals surface area contributed by atoms with E-state index >= 15 is 0 Å². The fourth-order valence-electron chi connectivity index (χ4n) is 2.87. The Kier molecular flexibility index (Phi) is 4.63. The first kappa shape index (κ1) is 18.3. The van der Waals surface area contributed by atoms with E-state index in [4.69, 9.17) is 0 Å². The first-order chi connectivity index (χ1) is 11.0. The number of amides is 1. The van der Waals surface area contributed by atoms with E-state index in [9.17, 15) is 23.1 Å². The van der Waals surface area contributed by atoms with Crippen LogP contribution in [0.4, 0.5) is 5.69 Å². The van der Waals surface area contributed by atoms with Crippen molar-refractivity contribution in [2.45, 2.75) is 45.2 Å². The normalized spacial score (nSPS) is 19.5. The molecule has 1 aromatic carbocycles. The topological polar surface area (TPSA) is 104 Å². The van der Waals surface area contributed by atoms with Gasteiger partial charge in [0.2, 0.25) is 10.0 Å². The molecule has 24 heavy (non-hydrogen) atoms. The van der Waals surface area contributed by atoms with Gasteiger partial charge in [-0.3, -0.25) is 9.10 Å². The maximum atomic E-state index is 12.4. The predicted molar refractivity (Wildman–Crippen MR) is 90.7 cm³/mol. The van der Waals surface area contributed by atoms with Crippen molar-refractivity contribution in [3.63, 3.8) is 0 Å². The van der Waals surface area contributed by atoms with Crippen LogP contribution in [-0.4, -0.2) is 43.2 Å². The van der Waals surface area contributed by atoms with Crippen LogP contribution in [0.3, 0.4) is 0 Å². The first-order valence-electron chi connectivity index (χ1n) is 7.68. The maximum absolute atomic E-state index is 12.4. The Bertz CT molecular complexity index is 790. The number of nitrogens with one attached hydrogen (secondary N) is 1. The molecular weight excluding hydrogens is 332 g/mol. The molecule has 1 aromatic rings. The lowest BCUT2D eigenvalue weighted by molar-refractivity contribution is -0.143. The van der Waals surface area contributed by atoms with Gasteiger partial charge in [-0.25, -0.2) is 13.2 Å². The van der Waals surface area contributed by atoms with Gasteiger partial charge in [0.15, 0.2) is 0 Å². The van der Waals surface area contributed by atoms with Crippen molar-refractivity contribution in [3.05, 3.63) is 29.3 Å². The molecule has 0 aromatic heterocycles. The van der Waals surface area contributed by atoms with Crippen LogP contribution < -0.4 is 9.62 Å². The minimum absolute atomic E-state index is 0.215. The number of aliphatic carboxylic acids is 1. The summed E-state index contributed by atoms with van der Waals surface area (Å²) in [6.07, 6.45) is 1.91. The van der Waals surface area contributed by atoms with E-state index in [1.54, 1.807) is 26.0 Å². The quantitative estimate of drug-likeness (QED) is 0.831. The summed E-state index contributed by atoms with van der Waals surface area (Å²) in [6.45, 7) is 4.94. The molecule has 7 nitrogen and oxygen atoms in total. The second kappa shape index (κ2) is 6.08. The van der Waals surface area contributed by atoms with Crippen LogP contribution in [0.25, 0.3) is 0 Å². The summed E-state index contributed by atoms with van der Waals surface area (Å²) in [4.78, 5) is 23.7. The van der Waals surface area contributed by atoms with E-state index < -0.39 is 27.4 Å². The Morgan fingerprint density at radius 1 is 1.42 bits per heavy atom. The van der Waals surface area contributed by atoms with Crippen molar-refractivity contribution in [2.24, 2.45) is 0 Å². The summed E-state index contributed by atoms with van der Waals surface area (Å²) in [7, 11) is -3.39. The van der Waals surface area contributed by atoms with Crippen LogP contribution in [0.5, 0.6) is 0 Å². The number of carboxylic acids is 1. The van der Waals surface area contributed by atoms with Gasteiger partial charge in [0.25, 0.3) is 5.91 Å². The summed E-state index contributed by atoms with van der Waals surface area (Å²) in [5.74, 6) is -1.59. The SMILES string of the molecule is CC[C@@](C)(NC(=O)c1ccc2c(c1)C[C@H](C)N2S(C)(=O)=O)C(=O)O.